The lowest BCUT2D eigenvalue weighted by Crippen LogP contribution is -2.07. The number of esters is 1. The van der Waals surface area contributed by atoms with Crippen LogP contribution in [0.3, 0.4) is 0 Å². The summed E-state index contributed by atoms with van der Waals surface area (Å²) in [7, 11) is 1.37. The lowest BCUT2D eigenvalue weighted by Gasteiger charge is -2.08. The van der Waals surface area contributed by atoms with Gasteiger partial charge in [-0.3, -0.25) is 0 Å². The number of nitrogens with zero attached hydrogens (tertiary/aromatic N) is 1. The zero-order chi connectivity index (χ0) is 14.3. The third-order valence-electron chi connectivity index (χ3n) is 2.84. The molecule has 0 amide bonds. The van der Waals surface area contributed by atoms with E-state index >= 15 is 0 Å². The second kappa shape index (κ2) is 7.22. The number of carbonyl (C=O) groups is 1. The Labute approximate surface area is 113 Å². The topological polar surface area (TPSA) is 62.1 Å². The number of hydrogen-bond donors (Lipinski definition) is 1. The van der Waals surface area contributed by atoms with Gasteiger partial charge in [0.15, 0.2) is 0 Å². The van der Waals surface area contributed by atoms with Gasteiger partial charge in [0.1, 0.15) is 0 Å². The highest BCUT2D eigenvalue weighted by Gasteiger charge is 2.06. The molecule has 100 valence electrons. The number of nitrogens with one attached hydrogen (secondary N) is 1. The van der Waals surface area contributed by atoms with Crippen LogP contribution in [-0.2, 0) is 9.53 Å². The summed E-state index contributed by atoms with van der Waals surface area (Å²) < 4.78 is 4.69. The average Bonchev–Trinajstić information content (AvgIpc) is 2.44. The minimum Gasteiger partial charge on any atom is -0.466 e. The van der Waals surface area contributed by atoms with Crippen LogP contribution in [0.1, 0.15) is 24.5 Å². The molecule has 1 N–H and O–H groups in total. The maximum atomic E-state index is 11.4. The lowest BCUT2D eigenvalue weighted by atomic mass is 10.1. The van der Waals surface area contributed by atoms with Crippen molar-refractivity contribution < 1.29 is 9.53 Å². The SMILES string of the molecule is CC/C(=C/CNc1cc(C#N)ccc1C)C(=O)OC. The fraction of sp³-hybridized carbons (Fsp3) is 0.333. The monoisotopic (exact) mass is 258 g/mol. The summed E-state index contributed by atoms with van der Waals surface area (Å²) in [5, 5.41) is 12.1. The van der Waals surface area contributed by atoms with Crippen molar-refractivity contribution in [2.24, 2.45) is 0 Å². The van der Waals surface area contributed by atoms with Gasteiger partial charge in [-0.25, -0.2) is 4.79 Å². The first-order valence-electron chi connectivity index (χ1n) is 6.14. The smallest absolute Gasteiger partial charge is 0.333 e. The molecule has 0 aliphatic carbocycles. The van der Waals surface area contributed by atoms with E-state index in [1.807, 2.05) is 26.0 Å². The van der Waals surface area contributed by atoms with Crippen molar-refractivity contribution in [3.05, 3.63) is 41.0 Å². The fourth-order valence-corrected chi connectivity index (χ4v) is 1.67. The number of aryl methyl sites for hydroxylation is 1. The fourth-order valence-electron chi connectivity index (χ4n) is 1.67. The third-order valence-corrected chi connectivity index (χ3v) is 2.84. The molecule has 0 unspecified atom stereocenters. The highest BCUT2D eigenvalue weighted by molar-refractivity contribution is 5.88. The van der Waals surface area contributed by atoms with Gasteiger partial charge in [0, 0.05) is 17.8 Å². The molecule has 4 heteroatoms. The van der Waals surface area contributed by atoms with Gasteiger partial charge >= 0.3 is 5.97 Å². The normalized spacial score (nSPS) is 10.7. The second-order valence-electron chi connectivity index (χ2n) is 4.10. The molecule has 0 radical (unpaired) electrons. The molecular weight excluding hydrogens is 240 g/mol. The van der Waals surface area contributed by atoms with Crippen molar-refractivity contribution in [1.82, 2.24) is 0 Å². The Bertz CT molecular complexity index is 527. The number of hydrogen-bond acceptors (Lipinski definition) is 4. The van der Waals surface area contributed by atoms with E-state index in [4.69, 9.17) is 5.26 Å². The van der Waals surface area contributed by atoms with Crippen LogP contribution in [0.15, 0.2) is 29.8 Å². The van der Waals surface area contributed by atoms with E-state index in [-0.39, 0.29) is 5.97 Å². The Kier molecular flexibility index (Phi) is 5.62. The molecule has 19 heavy (non-hydrogen) atoms. The first-order chi connectivity index (χ1) is 9.12. The number of methoxy groups -OCH3 is 1. The summed E-state index contributed by atoms with van der Waals surface area (Å²) in [6.07, 6.45) is 2.44. The average molecular weight is 258 g/mol. The first kappa shape index (κ1) is 14.8. The molecule has 1 aromatic carbocycles. The molecule has 0 heterocycles. The largest absolute Gasteiger partial charge is 0.466 e. The predicted octanol–water partition coefficient (Wildman–Crippen LogP) is 2.79. The van der Waals surface area contributed by atoms with Gasteiger partial charge < -0.3 is 10.1 Å². The van der Waals surface area contributed by atoms with E-state index < -0.39 is 0 Å². The van der Waals surface area contributed by atoms with Crippen LogP contribution in [0.4, 0.5) is 5.69 Å². The van der Waals surface area contributed by atoms with Gasteiger partial charge in [-0.2, -0.15) is 5.26 Å². The molecule has 0 bridgehead atoms. The highest BCUT2D eigenvalue weighted by atomic mass is 16.5. The Morgan fingerprint density at radius 3 is 2.84 bits per heavy atom. The number of rotatable bonds is 5. The molecular formula is C15H18N2O2. The summed E-state index contributed by atoms with van der Waals surface area (Å²) in [5.74, 6) is -0.299. The van der Waals surface area contributed by atoms with E-state index in [0.717, 1.165) is 11.3 Å². The molecule has 1 aromatic rings. The molecule has 1 rings (SSSR count). The zero-order valence-corrected chi connectivity index (χ0v) is 11.5. The van der Waals surface area contributed by atoms with Crippen LogP contribution >= 0.6 is 0 Å². The molecule has 0 atom stereocenters. The molecule has 0 aliphatic rings. The number of anilines is 1. The Balaban J connectivity index is 2.74. The number of carbonyl (C=O) groups excluding carboxylic acids is 1. The molecule has 0 spiro atoms. The van der Waals surface area contributed by atoms with Crippen LogP contribution < -0.4 is 5.32 Å². The summed E-state index contributed by atoms with van der Waals surface area (Å²) in [6, 6.07) is 7.58. The van der Waals surface area contributed by atoms with Crippen molar-refractivity contribution in [3.8, 4) is 6.07 Å². The minimum absolute atomic E-state index is 0.299. The maximum absolute atomic E-state index is 11.4. The van der Waals surface area contributed by atoms with Crippen LogP contribution in [-0.4, -0.2) is 19.6 Å². The standard InChI is InChI=1S/C15H18N2O2/c1-4-13(15(18)19-3)7-8-17-14-9-12(10-16)6-5-11(14)2/h5-7,9,17H,4,8H2,1-3H3/b13-7-. The van der Waals surface area contributed by atoms with Gasteiger partial charge in [-0.15, -0.1) is 0 Å². The van der Waals surface area contributed by atoms with Crippen LogP contribution in [0, 0.1) is 18.3 Å². The molecule has 0 aromatic heterocycles. The maximum Gasteiger partial charge on any atom is 0.333 e. The van der Waals surface area contributed by atoms with Gasteiger partial charge in [0.25, 0.3) is 0 Å². The summed E-state index contributed by atoms with van der Waals surface area (Å²) in [6.45, 7) is 4.40. The number of benzene rings is 1. The molecule has 0 aliphatic heterocycles. The van der Waals surface area contributed by atoms with Crippen LogP contribution in [0.2, 0.25) is 0 Å². The quantitative estimate of drug-likeness (QED) is 0.651. The van der Waals surface area contributed by atoms with Crippen molar-refractivity contribution in [1.29, 1.82) is 5.26 Å². The van der Waals surface area contributed by atoms with Gasteiger partial charge in [0.2, 0.25) is 0 Å². The minimum atomic E-state index is -0.299. The van der Waals surface area contributed by atoms with Gasteiger partial charge in [0.05, 0.1) is 18.7 Å². The van der Waals surface area contributed by atoms with Crippen LogP contribution in [0.25, 0.3) is 0 Å². The van der Waals surface area contributed by atoms with Crippen molar-refractivity contribution in [3.63, 3.8) is 0 Å². The summed E-state index contributed by atoms with van der Waals surface area (Å²) in [5.41, 5.74) is 3.21. The lowest BCUT2D eigenvalue weighted by molar-refractivity contribution is -0.136. The third kappa shape index (κ3) is 4.14. The number of ether oxygens (including phenoxy) is 1. The Hall–Kier alpha value is -2.28. The molecule has 0 saturated carbocycles. The molecule has 4 nitrogen and oxygen atoms in total. The summed E-state index contributed by atoms with van der Waals surface area (Å²) >= 11 is 0. The van der Waals surface area contributed by atoms with E-state index in [1.54, 1.807) is 12.1 Å². The van der Waals surface area contributed by atoms with Gasteiger partial charge in [-0.1, -0.05) is 19.1 Å². The molecule has 0 fully saturated rings. The van der Waals surface area contributed by atoms with E-state index in [9.17, 15) is 4.79 Å². The summed E-state index contributed by atoms with van der Waals surface area (Å²) in [4.78, 5) is 11.4. The van der Waals surface area contributed by atoms with E-state index in [0.29, 0.717) is 24.1 Å². The van der Waals surface area contributed by atoms with Crippen molar-refractivity contribution in [2.75, 3.05) is 19.0 Å². The predicted molar refractivity (Wildman–Crippen MR) is 74.8 cm³/mol. The van der Waals surface area contributed by atoms with Crippen LogP contribution in [0.5, 0.6) is 0 Å². The van der Waals surface area contributed by atoms with E-state index in [1.165, 1.54) is 7.11 Å². The van der Waals surface area contributed by atoms with Gasteiger partial charge in [-0.05, 0) is 31.0 Å². The zero-order valence-electron chi connectivity index (χ0n) is 11.5. The van der Waals surface area contributed by atoms with Crippen molar-refractivity contribution >= 4 is 11.7 Å². The highest BCUT2D eigenvalue weighted by Crippen LogP contribution is 2.16. The Morgan fingerprint density at radius 1 is 1.53 bits per heavy atom. The second-order valence-corrected chi connectivity index (χ2v) is 4.10. The van der Waals surface area contributed by atoms with Crippen molar-refractivity contribution in [2.45, 2.75) is 20.3 Å². The molecule has 0 saturated heterocycles. The Morgan fingerprint density at radius 2 is 2.26 bits per heavy atom. The first-order valence-corrected chi connectivity index (χ1v) is 6.14. The number of nitriles is 1. The van der Waals surface area contributed by atoms with E-state index in [2.05, 4.69) is 16.1 Å².